The topological polar surface area (TPSA) is 98.8 Å². The molecule has 1 aromatic carbocycles. The quantitative estimate of drug-likeness (QED) is 0.335. The first-order valence-corrected chi connectivity index (χ1v) is 7.48. The van der Waals surface area contributed by atoms with E-state index in [1.54, 1.807) is 0 Å². The molecular weight excluding hydrogens is 290 g/mol. The van der Waals surface area contributed by atoms with Gasteiger partial charge in [0, 0.05) is 24.3 Å². The summed E-state index contributed by atoms with van der Waals surface area (Å²) < 4.78 is 1.01. The highest BCUT2D eigenvalue weighted by atomic mass is 32.1. The smallest absolute Gasteiger partial charge is 0.275 e. The first-order chi connectivity index (χ1) is 10.2. The van der Waals surface area contributed by atoms with Crippen molar-refractivity contribution in [1.29, 1.82) is 0 Å². The van der Waals surface area contributed by atoms with Crippen molar-refractivity contribution < 1.29 is 15.0 Å². The van der Waals surface area contributed by atoms with Crippen molar-refractivity contribution in [3.63, 3.8) is 0 Å². The van der Waals surface area contributed by atoms with Gasteiger partial charge in [-0.2, -0.15) is 0 Å². The first-order valence-electron chi connectivity index (χ1n) is 6.66. The van der Waals surface area contributed by atoms with Crippen LogP contribution < -0.4 is 11.3 Å². The number of amides is 1. The number of benzene rings is 1. The summed E-state index contributed by atoms with van der Waals surface area (Å²) in [5.74, 6) is 4.94. The molecule has 0 aliphatic heterocycles. The fourth-order valence-electron chi connectivity index (χ4n) is 2.28. The normalized spacial score (nSPS) is 11.2. The van der Waals surface area contributed by atoms with Crippen LogP contribution in [0.1, 0.15) is 15.2 Å². The van der Waals surface area contributed by atoms with Crippen molar-refractivity contribution >= 4 is 27.3 Å². The van der Waals surface area contributed by atoms with Gasteiger partial charge in [-0.3, -0.25) is 15.1 Å². The summed E-state index contributed by atoms with van der Waals surface area (Å²) >= 11 is 1.39. The van der Waals surface area contributed by atoms with Crippen LogP contribution in [0.3, 0.4) is 0 Å². The van der Waals surface area contributed by atoms with Crippen molar-refractivity contribution in [2.45, 2.75) is 6.54 Å². The number of thiophene rings is 1. The zero-order chi connectivity index (χ0) is 15.2. The van der Waals surface area contributed by atoms with Gasteiger partial charge in [0.25, 0.3) is 5.91 Å². The number of hydrazine groups is 1. The number of hydrogen-bond donors (Lipinski definition) is 4. The fourth-order valence-corrected chi connectivity index (χ4v) is 3.40. The monoisotopic (exact) mass is 309 g/mol. The Morgan fingerprint density at radius 2 is 1.90 bits per heavy atom. The van der Waals surface area contributed by atoms with Gasteiger partial charge in [-0.25, -0.2) is 5.84 Å². The fraction of sp³-hybridized carbons (Fsp3) is 0.357. The summed E-state index contributed by atoms with van der Waals surface area (Å²) in [7, 11) is 0. The highest BCUT2D eigenvalue weighted by Gasteiger charge is 2.19. The van der Waals surface area contributed by atoms with E-state index in [1.807, 2.05) is 29.2 Å². The van der Waals surface area contributed by atoms with E-state index < -0.39 is 0 Å². The third kappa shape index (κ3) is 3.58. The molecule has 0 spiro atoms. The number of carbonyl (C=O) groups excluding carboxylic acids is 1. The molecule has 1 amide bonds. The average Bonchev–Trinajstić information content (AvgIpc) is 2.86. The molecule has 0 atom stereocenters. The van der Waals surface area contributed by atoms with Crippen molar-refractivity contribution in [3.05, 3.63) is 34.7 Å². The van der Waals surface area contributed by atoms with E-state index in [0.29, 0.717) is 24.5 Å². The van der Waals surface area contributed by atoms with Gasteiger partial charge in [0.1, 0.15) is 0 Å². The second-order valence-corrected chi connectivity index (χ2v) is 5.65. The second-order valence-electron chi connectivity index (χ2n) is 4.60. The Morgan fingerprint density at radius 3 is 2.52 bits per heavy atom. The number of hydrogen-bond acceptors (Lipinski definition) is 6. The minimum atomic E-state index is -0.320. The lowest BCUT2D eigenvalue weighted by atomic mass is 10.1. The Hall–Kier alpha value is -1.51. The van der Waals surface area contributed by atoms with Crippen LogP contribution in [0, 0.1) is 0 Å². The van der Waals surface area contributed by atoms with E-state index in [-0.39, 0.29) is 19.1 Å². The number of rotatable bonds is 7. The van der Waals surface area contributed by atoms with Crippen LogP contribution in [0.4, 0.5) is 0 Å². The van der Waals surface area contributed by atoms with Crippen LogP contribution in [0.25, 0.3) is 10.1 Å². The molecule has 0 aliphatic rings. The Kier molecular flexibility index (Phi) is 5.66. The van der Waals surface area contributed by atoms with E-state index in [4.69, 9.17) is 16.1 Å². The van der Waals surface area contributed by atoms with Crippen molar-refractivity contribution in [2.75, 3.05) is 26.3 Å². The van der Waals surface area contributed by atoms with E-state index in [2.05, 4.69) is 5.43 Å². The molecule has 5 N–H and O–H groups in total. The van der Waals surface area contributed by atoms with Crippen LogP contribution in [0.2, 0.25) is 0 Å². The van der Waals surface area contributed by atoms with Gasteiger partial charge >= 0.3 is 0 Å². The number of aliphatic hydroxyl groups is 2. The maximum absolute atomic E-state index is 12.0. The third-order valence-corrected chi connectivity index (χ3v) is 4.46. The highest BCUT2D eigenvalue weighted by Crippen LogP contribution is 2.32. The molecule has 7 heteroatoms. The van der Waals surface area contributed by atoms with E-state index in [1.165, 1.54) is 11.3 Å². The zero-order valence-corrected chi connectivity index (χ0v) is 12.4. The second kappa shape index (κ2) is 7.48. The van der Waals surface area contributed by atoms with Crippen LogP contribution >= 0.6 is 11.3 Å². The molecule has 0 fully saturated rings. The maximum atomic E-state index is 12.0. The van der Waals surface area contributed by atoms with Gasteiger partial charge in [0.2, 0.25) is 0 Å². The molecule has 0 bridgehead atoms. The number of carbonyl (C=O) groups is 1. The molecule has 1 heterocycles. The SMILES string of the molecule is NNC(=O)c1sc2ccccc2c1CN(CCO)CCO. The van der Waals surface area contributed by atoms with Crippen molar-refractivity contribution in [1.82, 2.24) is 10.3 Å². The van der Waals surface area contributed by atoms with Gasteiger partial charge < -0.3 is 10.2 Å². The number of aliphatic hydroxyl groups excluding tert-OH is 2. The lowest BCUT2D eigenvalue weighted by molar-refractivity contribution is 0.0955. The standard InChI is InChI=1S/C14H19N3O3S/c15-16-14(20)13-11(9-17(5-7-18)6-8-19)10-3-1-2-4-12(10)21-13/h1-4,18-19H,5-9,15H2,(H,16,20). The largest absolute Gasteiger partial charge is 0.395 e. The van der Waals surface area contributed by atoms with Gasteiger partial charge in [-0.15, -0.1) is 11.3 Å². The molecule has 0 saturated carbocycles. The predicted molar refractivity (Wildman–Crippen MR) is 82.9 cm³/mol. The molecule has 2 rings (SSSR count). The van der Waals surface area contributed by atoms with E-state index in [9.17, 15) is 4.79 Å². The van der Waals surface area contributed by atoms with Crippen LogP contribution in [-0.2, 0) is 6.54 Å². The Labute approximate surface area is 126 Å². The molecule has 0 aliphatic carbocycles. The molecule has 0 radical (unpaired) electrons. The zero-order valence-electron chi connectivity index (χ0n) is 11.6. The van der Waals surface area contributed by atoms with Gasteiger partial charge in [0.05, 0.1) is 18.1 Å². The Bertz CT molecular complexity index is 609. The highest BCUT2D eigenvalue weighted by molar-refractivity contribution is 7.21. The Morgan fingerprint density at radius 1 is 1.24 bits per heavy atom. The number of fused-ring (bicyclic) bond motifs is 1. The molecule has 0 unspecified atom stereocenters. The lowest BCUT2D eigenvalue weighted by Crippen LogP contribution is -2.32. The third-order valence-electron chi connectivity index (χ3n) is 3.25. The molecule has 1 aromatic heterocycles. The Balaban J connectivity index is 2.41. The number of nitrogen functional groups attached to an aromatic ring is 1. The number of nitrogens with one attached hydrogen (secondary N) is 1. The first kappa shape index (κ1) is 15.9. The summed E-state index contributed by atoms with van der Waals surface area (Å²) in [5.41, 5.74) is 3.05. The van der Waals surface area contributed by atoms with Crippen LogP contribution in [0.5, 0.6) is 0 Å². The summed E-state index contributed by atoms with van der Waals surface area (Å²) in [5, 5.41) is 19.2. The van der Waals surface area contributed by atoms with Gasteiger partial charge in [0.15, 0.2) is 0 Å². The van der Waals surface area contributed by atoms with E-state index in [0.717, 1.165) is 15.6 Å². The summed E-state index contributed by atoms with van der Waals surface area (Å²) in [4.78, 5) is 14.4. The van der Waals surface area contributed by atoms with Crippen molar-refractivity contribution in [3.8, 4) is 0 Å². The van der Waals surface area contributed by atoms with Crippen LogP contribution in [-0.4, -0.2) is 47.3 Å². The predicted octanol–water partition coefficient (Wildman–Crippen LogP) is 0.291. The molecule has 2 aromatic rings. The molecule has 114 valence electrons. The van der Waals surface area contributed by atoms with E-state index >= 15 is 0 Å². The minimum Gasteiger partial charge on any atom is -0.395 e. The summed E-state index contributed by atoms with van der Waals surface area (Å²) in [6.07, 6.45) is 0. The molecule has 0 saturated heterocycles. The van der Waals surface area contributed by atoms with Gasteiger partial charge in [-0.1, -0.05) is 18.2 Å². The molecule has 21 heavy (non-hydrogen) atoms. The number of nitrogens with two attached hydrogens (primary N) is 1. The molecule has 6 nitrogen and oxygen atoms in total. The van der Waals surface area contributed by atoms with Crippen LogP contribution in [0.15, 0.2) is 24.3 Å². The number of nitrogens with zero attached hydrogens (tertiary/aromatic N) is 1. The molecular formula is C14H19N3O3S. The average molecular weight is 309 g/mol. The van der Waals surface area contributed by atoms with Gasteiger partial charge in [-0.05, 0) is 17.0 Å². The maximum Gasteiger partial charge on any atom is 0.275 e. The van der Waals surface area contributed by atoms with Crippen molar-refractivity contribution in [2.24, 2.45) is 5.84 Å². The minimum absolute atomic E-state index is 0.000484. The summed E-state index contributed by atoms with van der Waals surface area (Å²) in [6, 6.07) is 7.76. The lowest BCUT2D eigenvalue weighted by Gasteiger charge is -2.20. The summed E-state index contributed by atoms with van der Waals surface area (Å²) in [6.45, 7) is 1.36.